The van der Waals surface area contributed by atoms with Crippen LogP contribution in [0.3, 0.4) is 0 Å². The molecule has 1 atom stereocenters. The summed E-state index contributed by atoms with van der Waals surface area (Å²) in [6.45, 7) is 3.91. The Morgan fingerprint density at radius 2 is 2.11 bits per heavy atom. The largest absolute Gasteiger partial charge is 0.324 e. The SMILES string of the molecule is Cc1cc(Sc2ccc(C(C)N)c(Cl)c2)n(C)n1. The molecule has 1 heterocycles. The lowest BCUT2D eigenvalue weighted by Gasteiger charge is -2.09. The van der Waals surface area contributed by atoms with Crippen molar-refractivity contribution in [2.75, 3.05) is 0 Å². The molecule has 5 heteroatoms. The predicted molar refractivity (Wildman–Crippen MR) is 76.1 cm³/mol. The van der Waals surface area contributed by atoms with Crippen LogP contribution in [-0.2, 0) is 7.05 Å². The molecular formula is C13H16ClN3S. The summed E-state index contributed by atoms with van der Waals surface area (Å²) in [5.74, 6) is 0. The molecule has 1 unspecified atom stereocenters. The molecule has 0 aliphatic rings. The second-order valence-corrected chi connectivity index (χ2v) is 5.82. The number of hydrogen-bond donors (Lipinski definition) is 1. The van der Waals surface area contributed by atoms with Crippen LogP contribution in [-0.4, -0.2) is 9.78 Å². The highest BCUT2D eigenvalue weighted by atomic mass is 35.5. The number of nitrogens with zero attached hydrogens (tertiary/aromatic N) is 2. The van der Waals surface area contributed by atoms with Crippen molar-refractivity contribution in [2.45, 2.75) is 29.8 Å². The van der Waals surface area contributed by atoms with Crippen LogP contribution in [0.25, 0.3) is 0 Å². The van der Waals surface area contributed by atoms with Crippen molar-refractivity contribution in [3.8, 4) is 0 Å². The van der Waals surface area contributed by atoms with E-state index in [-0.39, 0.29) is 6.04 Å². The molecule has 2 aromatic rings. The minimum atomic E-state index is -0.0458. The van der Waals surface area contributed by atoms with E-state index < -0.39 is 0 Å². The topological polar surface area (TPSA) is 43.8 Å². The van der Waals surface area contributed by atoms with Crippen molar-refractivity contribution in [1.29, 1.82) is 0 Å². The van der Waals surface area contributed by atoms with Crippen molar-refractivity contribution >= 4 is 23.4 Å². The molecule has 96 valence electrons. The summed E-state index contributed by atoms with van der Waals surface area (Å²) in [7, 11) is 1.94. The zero-order valence-electron chi connectivity index (χ0n) is 10.6. The number of nitrogens with two attached hydrogens (primary N) is 1. The van der Waals surface area contributed by atoms with Gasteiger partial charge >= 0.3 is 0 Å². The lowest BCUT2D eigenvalue weighted by Crippen LogP contribution is -2.05. The molecule has 0 saturated heterocycles. The van der Waals surface area contributed by atoms with E-state index in [0.29, 0.717) is 5.02 Å². The van der Waals surface area contributed by atoms with Crippen LogP contribution in [0.15, 0.2) is 34.2 Å². The second kappa shape index (κ2) is 5.34. The summed E-state index contributed by atoms with van der Waals surface area (Å²) in [5.41, 5.74) is 7.83. The first kappa shape index (κ1) is 13.5. The van der Waals surface area contributed by atoms with Crippen molar-refractivity contribution < 1.29 is 0 Å². The third-order valence-electron chi connectivity index (χ3n) is 2.64. The van der Waals surface area contributed by atoms with Crippen LogP contribution >= 0.6 is 23.4 Å². The van der Waals surface area contributed by atoms with Crippen molar-refractivity contribution in [1.82, 2.24) is 9.78 Å². The van der Waals surface area contributed by atoms with Gasteiger partial charge in [0.15, 0.2) is 0 Å². The minimum absolute atomic E-state index is 0.0458. The minimum Gasteiger partial charge on any atom is -0.324 e. The maximum atomic E-state index is 6.22. The number of rotatable bonds is 3. The summed E-state index contributed by atoms with van der Waals surface area (Å²) in [4.78, 5) is 1.09. The van der Waals surface area contributed by atoms with Crippen molar-refractivity contribution in [2.24, 2.45) is 12.8 Å². The molecule has 0 spiro atoms. The molecule has 0 saturated carbocycles. The van der Waals surface area contributed by atoms with Gasteiger partial charge in [0.05, 0.1) is 10.7 Å². The Kier molecular flexibility index (Phi) is 4.00. The molecule has 0 amide bonds. The molecule has 0 aliphatic heterocycles. The maximum absolute atomic E-state index is 6.22. The summed E-state index contributed by atoms with van der Waals surface area (Å²) < 4.78 is 1.87. The molecule has 0 bridgehead atoms. The van der Waals surface area contributed by atoms with E-state index in [1.54, 1.807) is 11.8 Å². The van der Waals surface area contributed by atoms with Crippen LogP contribution in [0.5, 0.6) is 0 Å². The summed E-state index contributed by atoms with van der Waals surface area (Å²) in [6.07, 6.45) is 0. The van der Waals surface area contributed by atoms with Gasteiger partial charge in [-0.3, -0.25) is 4.68 Å². The van der Waals surface area contributed by atoms with Crippen LogP contribution in [0.1, 0.15) is 24.2 Å². The molecule has 1 aromatic carbocycles. The number of hydrogen-bond acceptors (Lipinski definition) is 3. The van der Waals surface area contributed by atoms with Crippen LogP contribution in [0.2, 0.25) is 5.02 Å². The van der Waals surface area contributed by atoms with Gasteiger partial charge in [0, 0.05) is 23.0 Å². The molecule has 18 heavy (non-hydrogen) atoms. The standard InChI is InChI=1S/C13H16ClN3S/c1-8-6-13(17(3)16-8)18-10-4-5-11(9(2)15)12(14)7-10/h4-7,9H,15H2,1-3H3. The Labute approximate surface area is 116 Å². The van der Waals surface area contributed by atoms with Gasteiger partial charge in [-0.2, -0.15) is 5.10 Å². The van der Waals surface area contributed by atoms with E-state index in [9.17, 15) is 0 Å². The van der Waals surface area contributed by atoms with E-state index in [2.05, 4.69) is 11.2 Å². The fourth-order valence-corrected chi connectivity index (χ4v) is 3.12. The highest BCUT2D eigenvalue weighted by Crippen LogP contribution is 2.32. The zero-order valence-corrected chi connectivity index (χ0v) is 12.2. The monoisotopic (exact) mass is 281 g/mol. The number of aryl methyl sites for hydroxylation is 2. The third-order valence-corrected chi connectivity index (χ3v) is 4.05. The number of benzene rings is 1. The van der Waals surface area contributed by atoms with E-state index in [1.165, 1.54) is 0 Å². The van der Waals surface area contributed by atoms with Crippen LogP contribution in [0, 0.1) is 6.92 Å². The Bertz CT molecular complexity index is 563. The lowest BCUT2D eigenvalue weighted by atomic mass is 10.1. The normalized spacial score (nSPS) is 12.7. The first-order chi connectivity index (χ1) is 8.47. The Balaban J connectivity index is 2.25. The van der Waals surface area contributed by atoms with Gasteiger partial charge in [0.2, 0.25) is 0 Å². The second-order valence-electron chi connectivity index (χ2n) is 4.32. The van der Waals surface area contributed by atoms with Gasteiger partial charge in [-0.15, -0.1) is 0 Å². The molecular weight excluding hydrogens is 266 g/mol. The zero-order chi connectivity index (χ0) is 13.3. The average Bonchev–Trinajstić information content (AvgIpc) is 2.57. The third kappa shape index (κ3) is 2.88. The summed E-state index contributed by atoms with van der Waals surface area (Å²) >= 11 is 7.86. The quantitative estimate of drug-likeness (QED) is 0.936. The highest BCUT2D eigenvalue weighted by Gasteiger charge is 2.09. The Morgan fingerprint density at radius 3 is 2.61 bits per heavy atom. The van der Waals surface area contributed by atoms with E-state index >= 15 is 0 Å². The van der Waals surface area contributed by atoms with Crippen molar-refractivity contribution in [3.05, 3.63) is 40.5 Å². The van der Waals surface area contributed by atoms with Crippen LogP contribution in [0.4, 0.5) is 0 Å². The van der Waals surface area contributed by atoms with E-state index in [4.69, 9.17) is 17.3 Å². The lowest BCUT2D eigenvalue weighted by molar-refractivity contribution is 0.692. The maximum Gasteiger partial charge on any atom is 0.0986 e. The fourth-order valence-electron chi connectivity index (χ4n) is 1.74. The smallest absolute Gasteiger partial charge is 0.0986 e. The molecule has 0 aliphatic carbocycles. The Hall–Kier alpha value is -0.970. The van der Waals surface area contributed by atoms with Crippen molar-refractivity contribution in [3.63, 3.8) is 0 Å². The van der Waals surface area contributed by atoms with E-state index in [0.717, 1.165) is 21.2 Å². The molecule has 0 radical (unpaired) electrons. The Morgan fingerprint density at radius 1 is 1.39 bits per heavy atom. The molecule has 2 N–H and O–H groups in total. The summed E-state index contributed by atoms with van der Waals surface area (Å²) in [5, 5.41) is 6.13. The molecule has 0 fully saturated rings. The van der Waals surface area contributed by atoms with E-state index in [1.807, 2.05) is 43.8 Å². The van der Waals surface area contributed by atoms with Gasteiger partial charge in [0.1, 0.15) is 0 Å². The summed E-state index contributed by atoms with van der Waals surface area (Å²) in [6, 6.07) is 7.98. The highest BCUT2D eigenvalue weighted by molar-refractivity contribution is 7.99. The predicted octanol–water partition coefficient (Wildman–Crippen LogP) is 3.55. The van der Waals surface area contributed by atoms with Gasteiger partial charge in [-0.1, -0.05) is 29.4 Å². The van der Waals surface area contributed by atoms with Crippen LogP contribution < -0.4 is 5.73 Å². The number of aromatic nitrogens is 2. The van der Waals surface area contributed by atoms with Gasteiger partial charge in [-0.25, -0.2) is 0 Å². The first-order valence-corrected chi connectivity index (χ1v) is 6.90. The first-order valence-electron chi connectivity index (χ1n) is 5.71. The molecule has 2 rings (SSSR count). The molecule has 3 nitrogen and oxygen atoms in total. The number of halogens is 1. The van der Waals surface area contributed by atoms with Gasteiger partial charge < -0.3 is 5.73 Å². The van der Waals surface area contributed by atoms with Gasteiger partial charge in [0.25, 0.3) is 0 Å². The fraction of sp³-hybridized carbons (Fsp3) is 0.308. The van der Waals surface area contributed by atoms with Gasteiger partial charge in [-0.05, 0) is 37.6 Å². The molecule has 1 aromatic heterocycles. The average molecular weight is 282 g/mol.